The van der Waals surface area contributed by atoms with Crippen LogP contribution in [-0.2, 0) is 19.1 Å². The van der Waals surface area contributed by atoms with Gasteiger partial charge in [-0.15, -0.1) is 0 Å². The molecule has 1 amide bonds. The summed E-state index contributed by atoms with van der Waals surface area (Å²) in [6.07, 6.45) is 0.943. The number of carboxylic acids is 1. The Bertz CT molecular complexity index is 564. The van der Waals surface area contributed by atoms with Gasteiger partial charge in [0.1, 0.15) is 0 Å². The minimum absolute atomic E-state index is 0.0361. The molecule has 0 radical (unpaired) electrons. The number of rotatable bonds is 5. The third-order valence-corrected chi connectivity index (χ3v) is 4.26. The molecule has 1 aliphatic rings. The van der Waals surface area contributed by atoms with Crippen LogP contribution < -0.4 is 0 Å². The summed E-state index contributed by atoms with van der Waals surface area (Å²) in [7, 11) is 1.31. The number of ether oxygens (including phenoxy) is 1. The van der Waals surface area contributed by atoms with Gasteiger partial charge in [0.2, 0.25) is 5.91 Å². The quantitative estimate of drug-likeness (QED) is 0.834. The number of hydrogen-bond acceptors (Lipinski definition) is 4. The number of nitrogens with zero attached hydrogens (tertiary/aromatic N) is 1. The molecular weight excluding hydrogens is 298 g/mol. The second kappa shape index (κ2) is 7.76. The highest BCUT2D eigenvalue weighted by molar-refractivity contribution is 5.86. The highest BCUT2D eigenvalue weighted by Crippen LogP contribution is 2.24. The number of piperidine rings is 1. The van der Waals surface area contributed by atoms with E-state index in [0.717, 1.165) is 5.56 Å². The Labute approximate surface area is 135 Å². The van der Waals surface area contributed by atoms with E-state index < -0.39 is 17.9 Å². The Morgan fingerprint density at radius 2 is 1.83 bits per heavy atom. The highest BCUT2D eigenvalue weighted by atomic mass is 16.5. The fourth-order valence-electron chi connectivity index (χ4n) is 2.84. The summed E-state index contributed by atoms with van der Waals surface area (Å²) in [5.41, 5.74) is 0.744. The topological polar surface area (TPSA) is 83.9 Å². The molecule has 1 heterocycles. The molecule has 124 valence electrons. The van der Waals surface area contributed by atoms with E-state index in [9.17, 15) is 14.4 Å². The van der Waals surface area contributed by atoms with Crippen molar-refractivity contribution in [3.63, 3.8) is 0 Å². The second-order valence-electron chi connectivity index (χ2n) is 5.68. The average molecular weight is 319 g/mol. The average Bonchev–Trinajstić information content (AvgIpc) is 2.59. The lowest BCUT2D eigenvalue weighted by Crippen LogP contribution is -2.41. The van der Waals surface area contributed by atoms with E-state index >= 15 is 0 Å². The molecule has 1 fully saturated rings. The molecule has 1 unspecified atom stereocenters. The van der Waals surface area contributed by atoms with Crippen molar-refractivity contribution < 1.29 is 24.2 Å². The van der Waals surface area contributed by atoms with Crippen LogP contribution in [0, 0.1) is 5.92 Å². The summed E-state index contributed by atoms with van der Waals surface area (Å²) in [5, 5.41) is 9.00. The predicted molar refractivity (Wildman–Crippen MR) is 82.8 cm³/mol. The Hall–Kier alpha value is -2.37. The van der Waals surface area contributed by atoms with Gasteiger partial charge in [-0.05, 0) is 18.4 Å². The number of aliphatic carboxylic acids is 1. The van der Waals surface area contributed by atoms with Crippen LogP contribution in [0.4, 0.5) is 0 Å². The Kier molecular flexibility index (Phi) is 5.73. The van der Waals surface area contributed by atoms with Crippen LogP contribution in [-0.4, -0.2) is 48.1 Å². The largest absolute Gasteiger partial charge is 0.481 e. The van der Waals surface area contributed by atoms with Gasteiger partial charge in [0, 0.05) is 19.5 Å². The third kappa shape index (κ3) is 4.31. The summed E-state index contributed by atoms with van der Waals surface area (Å²) in [4.78, 5) is 37.0. The van der Waals surface area contributed by atoms with Crippen molar-refractivity contribution in [3.05, 3.63) is 35.9 Å². The highest BCUT2D eigenvalue weighted by Gasteiger charge is 2.30. The number of carbonyl (C=O) groups is 3. The van der Waals surface area contributed by atoms with Crippen LogP contribution in [0.25, 0.3) is 0 Å². The van der Waals surface area contributed by atoms with E-state index in [2.05, 4.69) is 0 Å². The molecule has 0 aromatic heterocycles. The molecule has 2 rings (SSSR count). The Balaban J connectivity index is 2.01. The molecule has 23 heavy (non-hydrogen) atoms. The third-order valence-electron chi connectivity index (χ3n) is 4.26. The first kappa shape index (κ1) is 17.0. The number of benzene rings is 1. The van der Waals surface area contributed by atoms with Gasteiger partial charge < -0.3 is 14.7 Å². The smallest absolute Gasteiger partial charge is 0.313 e. The SMILES string of the molecule is COC(=O)C(CC(=O)N1CCC(C(=O)O)CC1)c1ccccc1. The van der Waals surface area contributed by atoms with Crippen LogP contribution in [0.3, 0.4) is 0 Å². The minimum atomic E-state index is -0.811. The Morgan fingerprint density at radius 1 is 1.22 bits per heavy atom. The van der Waals surface area contributed by atoms with Gasteiger partial charge in [0.05, 0.1) is 18.9 Å². The van der Waals surface area contributed by atoms with Crippen molar-refractivity contribution >= 4 is 17.8 Å². The molecule has 1 aromatic carbocycles. The molecule has 0 aliphatic carbocycles. The van der Waals surface area contributed by atoms with Gasteiger partial charge in [-0.1, -0.05) is 30.3 Å². The molecular formula is C17H21NO5. The lowest BCUT2D eigenvalue weighted by Gasteiger charge is -2.31. The number of hydrogen-bond donors (Lipinski definition) is 1. The van der Waals surface area contributed by atoms with E-state index in [1.54, 1.807) is 17.0 Å². The van der Waals surface area contributed by atoms with E-state index in [1.807, 2.05) is 18.2 Å². The molecule has 1 aromatic rings. The maximum atomic E-state index is 12.4. The summed E-state index contributed by atoms with van der Waals surface area (Å²) in [6.45, 7) is 0.830. The van der Waals surface area contributed by atoms with E-state index in [4.69, 9.17) is 9.84 Å². The van der Waals surface area contributed by atoms with E-state index in [-0.39, 0.29) is 18.2 Å². The summed E-state index contributed by atoms with van der Waals surface area (Å²) in [6, 6.07) is 9.07. The standard InChI is InChI=1S/C17H21NO5/c1-23-17(22)14(12-5-3-2-4-6-12)11-15(19)18-9-7-13(8-10-18)16(20)21/h2-6,13-14H,7-11H2,1H3,(H,20,21). The zero-order valence-corrected chi connectivity index (χ0v) is 13.1. The zero-order chi connectivity index (χ0) is 16.8. The van der Waals surface area contributed by atoms with Crippen molar-refractivity contribution in [2.24, 2.45) is 5.92 Å². The van der Waals surface area contributed by atoms with Crippen LogP contribution >= 0.6 is 0 Å². The Morgan fingerprint density at radius 3 is 2.35 bits per heavy atom. The van der Waals surface area contributed by atoms with Crippen molar-refractivity contribution in [3.8, 4) is 0 Å². The normalized spacial score (nSPS) is 16.7. The van der Waals surface area contributed by atoms with Crippen molar-refractivity contribution in [2.45, 2.75) is 25.2 Å². The second-order valence-corrected chi connectivity index (χ2v) is 5.68. The number of methoxy groups -OCH3 is 1. The van der Waals surface area contributed by atoms with Crippen molar-refractivity contribution in [1.29, 1.82) is 0 Å². The zero-order valence-electron chi connectivity index (χ0n) is 13.1. The number of carboxylic acid groups (broad SMARTS) is 1. The lowest BCUT2D eigenvalue weighted by molar-refractivity contribution is -0.147. The molecule has 6 heteroatoms. The molecule has 0 saturated carbocycles. The van der Waals surface area contributed by atoms with Gasteiger partial charge in [0.25, 0.3) is 0 Å². The molecule has 0 bridgehead atoms. The first-order valence-electron chi connectivity index (χ1n) is 7.66. The van der Waals surface area contributed by atoms with E-state index in [1.165, 1.54) is 7.11 Å². The number of likely N-dealkylation sites (tertiary alicyclic amines) is 1. The number of esters is 1. The van der Waals surface area contributed by atoms with Crippen molar-refractivity contribution in [1.82, 2.24) is 4.90 Å². The molecule has 1 atom stereocenters. The summed E-state index contributed by atoms with van der Waals surface area (Å²) in [5.74, 6) is -2.41. The fraction of sp³-hybridized carbons (Fsp3) is 0.471. The van der Waals surface area contributed by atoms with Gasteiger partial charge in [-0.3, -0.25) is 14.4 Å². The number of amides is 1. The van der Waals surface area contributed by atoms with Crippen LogP contribution in [0.15, 0.2) is 30.3 Å². The molecule has 1 N–H and O–H groups in total. The monoisotopic (exact) mass is 319 g/mol. The maximum Gasteiger partial charge on any atom is 0.313 e. The lowest BCUT2D eigenvalue weighted by atomic mass is 9.93. The van der Waals surface area contributed by atoms with Crippen LogP contribution in [0.2, 0.25) is 0 Å². The van der Waals surface area contributed by atoms with Gasteiger partial charge >= 0.3 is 11.9 Å². The number of carbonyl (C=O) groups excluding carboxylic acids is 2. The molecule has 0 spiro atoms. The first-order chi connectivity index (χ1) is 11.0. The fourth-order valence-corrected chi connectivity index (χ4v) is 2.84. The van der Waals surface area contributed by atoms with Crippen LogP contribution in [0.1, 0.15) is 30.7 Å². The minimum Gasteiger partial charge on any atom is -0.481 e. The van der Waals surface area contributed by atoms with Gasteiger partial charge in [0.15, 0.2) is 0 Å². The first-order valence-corrected chi connectivity index (χ1v) is 7.66. The van der Waals surface area contributed by atoms with Crippen LogP contribution in [0.5, 0.6) is 0 Å². The van der Waals surface area contributed by atoms with Gasteiger partial charge in [-0.25, -0.2) is 0 Å². The molecule has 1 saturated heterocycles. The maximum absolute atomic E-state index is 12.4. The summed E-state index contributed by atoms with van der Waals surface area (Å²) < 4.78 is 4.82. The molecule has 1 aliphatic heterocycles. The van der Waals surface area contributed by atoms with E-state index in [0.29, 0.717) is 25.9 Å². The van der Waals surface area contributed by atoms with Crippen molar-refractivity contribution in [2.75, 3.05) is 20.2 Å². The van der Waals surface area contributed by atoms with Gasteiger partial charge in [-0.2, -0.15) is 0 Å². The summed E-state index contributed by atoms with van der Waals surface area (Å²) >= 11 is 0. The molecule has 6 nitrogen and oxygen atoms in total. The predicted octanol–water partition coefficient (Wildman–Crippen LogP) is 1.66.